The van der Waals surface area contributed by atoms with E-state index < -0.39 is 12.1 Å². The monoisotopic (exact) mass is 336 g/mol. The quantitative estimate of drug-likeness (QED) is 0.583. The zero-order chi connectivity index (χ0) is 14.4. The molecule has 0 spiro atoms. The first kappa shape index (κ1) is 14.0. The van der Waals surface area contributed by atoms with Gasteiger partial charge in [-0.3, -0.25) is 4.79 Å². The number of ketones is 1. The van der Waals surface area contributed by atoms with Crippen LogP contribution in [0, 0.1) is 5.92 Å². The molecule has 3 nitrogen and oxygen atoms in total. The molecular formula is C12H8BrF3O3. The van der Waals surface area contributed by atoms with Gasteiger partial charge in [0, 0.05) is 21.5 Å². The van der Waals surface area contributed by atoms with Crippen LogP contribution in [0.4, 0.5) is 13.2 Å². The number of rotatable bonds is 1. The van der Waals surface area contributed by atoms with Crippen molar-refractivity contribution in [2.45, 2.75) is 19.5 Å². The molecule has 0 N–H and O–H groups in total. The lowest BCUT2D eigenvalue weighted by Crippen LogP contribution is -2.28. The van der Waals surface area contributed by atoms with Crippen molar-refractivity contribution in [3.05, 3.63) is 27.7 Å². The summed E-state index contributed by atoms with van der Waals surface area (Å²) in [6.07, 6.45) is -4.80. The van der Waals surface area contributed by atoms with E-state index in [0.29, 0.717) is 15.6 Å². The Morgan fingerprint density at radius 3 is 2.63 bits per heavy atom. The van der Waals surface area contributed by atoms with E-state index in [4.69, 9.17) is 0 Å². The minimum absolute atomic E-state index is 0.166. The zero-order valence-electron chi connectivity index (χ0n) is 9.68. The molecule has 7 heteroatoms. The molecule has 0 aliphatic heterocycles. The minimum atomic E-state index is -5.07. The zero-order valence-corrected chi connectivity index (χ0v) is 11.3. The van der Waals surface area contributed by atoms with Crippen LogP contribution in [0.5, 0.6) is 5.75 Å². The van der Waals surface area contributed by atoms with Gasteiger partial charge in [0.1, 0.15) is 5.75 Å². The maximum absolute atomic E-state index is 12.2. The van der Waals surface area contributed by atoms with Gasteiger partial charge in [-0.05, 0) is 18.6 Å². The lowest BCUT2D eigenvalue weighted by Gasteiger charge is -2.11. The number of ether oxygens (including phenoxy) is 1. The van der Waals surface area contributed by atoms with Crippen LogP contribution in [-0.4, -0.2) is 17.9 Å². The first-order chi connectivity index (χ1) is 8.70. The van der Waals surface area contributed by atoms with E-state index in [9.17, 15) is 22.8 Å². The van der Waals surface area contributed by atoms with Gasteiger partial charge in [0.05, 0.1) is 0 Å². The lowest BCUT2D eigenvalue weighted by atomic mass is 10.1. The number of Topliss-reactive ketones (excluding diaryl/α,β-unsaturated/α-hetero) is 1. The fraction of sp³-hybridized carbons (Fsp3) is 0.333. The fourth-order valence-electron chi connectivity index (χ4n) is 1.96. The van der Waals surface area contributed by atoms with Gasteiger partial charge in [0.15, 0.2) is 5.78 Å². The molecule has 0 heterocycles. The van der Waals surface area contributed by atoms with Crippen molar-refractivity contribution in [1.82, 2.24) is 0 Å². The molecular weight excluding hydrogens is 329 g/mol. The van der Waals surface area contributed by atoms with E-state index in [1.807, 2.05) is 0 Å². The normalized spacial score (nSPS) is 18.4. The highest BCUT2D eigenvalue weighted by Gasteiger charge is 2.42. The van der Waals surface area contributed by atoms with Gasteiger partial charge in [-0.2, -0.15) is 13.2 Å². The third-order valence-electron chi connectivity index (χ3n) is 2.83. The highest BCUT2D eigenvalue weighted by Crippen LogP contribution is 2.37. The number of hydrogen-bond acceptors (Lipinski definition) is 3. The number of benzene rings is 1. The van der Waals surface area contributed by atoms with Crippen LogP contribution in [0.2, 0.25) is 0 Å². The third kappa shape index (κ3) is 2.65. The molecule has 1 aromatic rings. The molecule has 0 aromatic heterocycles. The molecule has 1 aromatic carbocycles. The fourth-order valence-corrected chi connectivity index (χ4v) is 2.39. The molecule has 0 fully saturated rings. The Bertz CT molecular complexity index is 566. The first-order valence-electron chi connectivity index (χ1n) is 5.35. The molecule has 0 radical (unpaired) electrons. The Labute approximate surface area is 114 Å². The number of carbonyl (C=O) groups is 2. The summed E-state index contributed by atoms with van der Waals surface area (Å²) >= 11 is 3.08. The molecule has 102 valence electrons. The van der Waals surface area contributed by atoms with E-state index in [0.717, 1.165) is 0 Å². The minimum Gasteiger partial charge on any atom is -0.420 e. The number of esters is 1. The SMILES string of the molecule is CC1Cc2c(OC(=O)C(F)(F)F)cc(Br)cc2C1=O. The largest absolute Gasteiger partial charge is 0.491 e. The number of fused-ring (bicyclic) bond motifs is 1. The summed E-state index contributed by atoms with van der Waals surface area (Å²) in [6.45, 7) is 1.67. The van der Waals surface area contributed by atoms with Gasteiger partial charge < -0.3 is 4.74 Å². The second kappa shape index (κ2) is 4.63. The number of hydrogen-bond donors (Lipinski definition) is 0. The molecule has 1 atom stereocenters. The first-order valence-corrected chi connectivity index (χ1v) is 6.15. The number of halogens is 4. The predicted octanol–water partition coefficient (Wildman–Crippen LogP) is 3.29. The molecule has 1 aliphatic carbocycles. The highest BCUT2D eigenvalue weighted by molar-refractivity contribution is 9.10. The second-order valence-electron chi connectivity index (χ2n) is 4.29. The summed E-state index contributed by atoms with van der Waals surface area (Å²) in [7, 11) is 0. The molecule has 19 heavy (non-hydrogen) atoms. The number of carbonyl (C=O) groups excluding carboxylic acids is 2. The Morgan fingerprint density at radius 2 is 2.05 bits per heavy atom. The van der Waals surface area contributed by atoms with Gasteiger partial charge in [-0.1, -0.05) is 22.9 Å². The van der Waals surface area contributed by atoms with Gasteiger partial charge in [0.25, 0.3) is 0 Å². The van der Waals surface area contributed by atoms with Crippen LogP contribution in [0.25, 0.3) is 0 Å². The van der Waals surface area contributed by atoms with Crippen LogP contribution in [0.3, 0.4) is 0 Å². The average Bonchev–Trinajstić information content (AvgIpc) is 2.55. The van der Waals surface area contributed by atoms with Crippen LogP contribution < -0.4 is 4.74 Å². The van der Waals surface area contributed by atoms with Crippen molar-refractivity contribution in [3.8, 4) is 5.75 Å². The summed E-state index contributed by atoms with van der Waals surface area (Å²) in [5.74, 6) is -3.00. The topological polar surface area (TPSA) is 43.4 Å². The molecule has 0 amide bonds. The van der Waals surface area contributed by atoms with Crippen molar-refractivity contribution in [2.75, 3.05) is 0 Å². The molecule has 0 saturated heterocycles. The van der Waals surface area contributed by atoms with Crippen LogP contribution in [-0.2, 0) is 11.2 Å². The van der Waals surface area contributed by atoms with Crippen LogP contribution >= 0.6 is 15.9 Å². The van der Waals surface area contributed by atoms with Crippen molar-refractivity contribution >= 4 is 27.7 Å². The van der Waals surface area contributed by atoms with Crippen LogP contribution in [0.1, 0.15) is 22.8 Å². The summed E-state index contributed by atoms with van der Waals surface area (Å²) in [5, 5.41) is 0. The summed E-state index contributed by atoms with van der Waals surface area (Å²) in [5.41, 5.74) is 0.644. The summed E-state index contributed by atoms with van der Waals surface area (Å²) in [6, 6.07) is 2.78. The Morgan fingerprint density at radius 1 is 1.42 bits per heavy atom. The predicted molar refractivity (Wildman–Crippen MR) is 63.0 cm³/mol. The van der Waals surface area contributed by atoms with Crippen molar-refractivity contribution in [2.24, 2.45) is 5.92 Å². The van der Waals surface area contributed by atoms with Gasteiger partial charge in [-0.15, -0.1) is 0 Å². The van der Waals surface area contributed by atoms with Gasteiger partial charge in [0.2, 0.25) is 0 Å². The van der Waals surface area contributed by atoms with E-state index in [-0.39, 0.29) is 23.9 Å². The summed E-state index contributed by atoms with van der Waals surface area (Å²) < 4.78 is 41.3. The molecule has 0 saturated carbocycles. The number of alkyl halides is 3. The average molecular weight is 337 g/mol. The van der Waals surface area contributed by atoms with E-state index in [1.54, 1.807) is 6.92 Å². The maximum atomic E-state index is 12.2. The van der Waals surface area contributed by atoms with Crippen LogP contribution in [0.15, 0.2) is 16.6 Å². The van der Waals surface area contributed by atoms with Gasteiger partial charge in [-0.25, -0.2) is 4.79 Å². The molecule has 1 unspecified atom stereocenters. The van der Waals surface area contributed by atoms with E-state index in [2.05, 4.69) is 20.7 Å². The molecule has 2 rings (SSSR count). The van der Waals surface area contributed by atoms with Crippen molar-refractivity contribution < 1.29 is 27.5 Å². The Kier molecular flexibility index (Phi) is 3.42. The smallest absolute Gasteiger partial charge is 0.420 e. The maximum Gasteiger partial charge on any atom is 0.491 e. The van der Waals surface area contributed by atoms with E-state index in [1.165, 1.54) is 12.1 Å². The Hall–Kier alpha value is -1.37. The molecule has 1 aliphatic rings. The van der Waals surface area contributed by atoms with Gasteiger partial charge >= 0.3 is 12.1 Å². The standard InChI is InChI=1S/C12H8BrF3O3/c1-5-2-7-8(10(5)17)3-6(13)4-9(7)19-11(18)12(14,15)16/h3-5H,2H2,1H3. The lowest BCUT2D eigenvalue weighted by molar-refractivity contribution is -0.189. The van der Waals surface area contributed by atoms with E-state index >= 15 is 0 Å². The molecule has 0 bridgehead atoms. The van der Waals surface area contributed by atoms with Crippen molar-refractivity contribution in [1.29, 1.82) is 0 Å². The van der Waals surface area contributed by atoms with Crippen molar-refractivity contribution in [3.63, 3.8) is 0 Å². The Balaban J connectivity index is 2.41. The second-order valence-corrected chi connectivity index (χ2v) is 5.20. The third-order valence-corrected chi connectivity index (χ3v) is 3.29. The highest BCUT2D eigenvalue weighted by atomic mass is 79.9. The summed E-state index contributed by atoms with van der Waals surface area (Å²) in [4.78, 5) is 22.7.